The van der Waals surface area contributed by atoms with Gasteiger partial charge in [0.1, 0.15) is 5.75 Å². The molecule has 20 heavy (non-hydrogen) atoms. The second-order valence-electron chi connectivity index (χ2n) is 5.88. The first-order valence-electron chi connectivity index (χ1n) is 7.89. The molecular formula is C17H28N2O. The number of piperidine rings is 1. The van der Waals surface area contributed by atoms with Gasteiger partial charge in [-0.3, -0.25) is 4.90 Å². The monoisotopic (exact) mass is 276 g/mol. The quantitative estimate of drug-likeness (QED) is 0.811. The van der Waals surface area contributed by atoms with Crippen molar-refractivity contribution in [2.24, 2.45) is 5.73 Å². The molecule has 2 rings (SSSR count). The number of nitrogens with zero attached hydrogens (tertiary/aromatic N) is 1. The number of nitrogens with two attached hydrogens (primary N) is 1. The molecule has 3 nitrogen and oxygen atoms in total. The Labute approximate surface area is 123 Å². The Morgan fingerprint density at radius 3 is 2.60 bits per heavy atom. The van der Waals surface area contributed by atoms with Gasteiger partial charge in [-0.2, -0.15) is 0 Å². The maximum absolute atomic E-state index is 5.88. The Morgan fingerprint density at radius 1 is 1.20 bits per heavy atom. The average molecular weight is 276 g/mol. The molecule has 1 heterocycles. The number of hydrogen-bond donors (Lipinski definition) is 1. The summed E-state index contributed by atoms with van der Waals surface area (Å²) in [5.74, 6) is 0.940. The third-order valence-electron chi connectivity index (χ3n) is 4.39. The summed E-state index contributed by atoms with van der Waals surface area (Å²) in [6.07, 6.45) is 5.12. The van der Waals surface area contributed by atoms with Crippen LogP contribution in [0.1, 0.15) is 45.1 Å². The van der Waals surface area contributed by atoms with Crippen LogP contribution in [0, 0.1) is 0 Å². The van der Waals surface area contributed by atoms with E-state index < -0.39 is 0 Å². The fraction of sp³-hybridized carbons (Fsp3) is 0.647. The van der Waals surface area contributed by atoms with Crippen LogP contribution in [-0.2, 0) is 6.54 Å². The van der Waals surface area contributed by atoms with Crippen LogP contribution in [0.3, 0.4) is 0 Å². The smallest absolute Gasteiger partial charge is 0.123 e. The Bertz CT molecular complexity index is 398. The molecule has 0 amide bonds. The summed E-state index contributed by atoms with van der Waals surface area (Å²) in [5, 5.41) is 0. The second-order valence-corrected chi connectivity index (χ2v) is 5.88. The zero-order valence-electron chi connectivity index (χ0n) is 12.8. The lowest BCUT2D eigenvalue weighted by molar-refractivity contribution is 0.0960. The van der Waals surface area contributed by atoms with Gasteiger partial charge in [0.15, 0.2) is 0 Å². The van der Waals surface area contributed by atoms with Crippen LogP contribution in [0.5, 0.6) is 5.75 Å². The van der Waals surface area contributed by atoms with Crippen LogP contribution < -0.4 is 10.5 Å². The highest BCUT2D eigenvalue weighted by molar-refractivity contribution is 5.32. The van der Waals surface area contributed by atoms with Gasteiger partial charge in [-0.05, 0) is 39.2 Å². The molecule has 0 aromatic heterocycles. The zero-order chi connectivity index (χ0) is 14.4. The van der Waals surface area contributed by atoms with Gasteiger partial charge in [0.05, 0.1) is 6.61 Å². The number of para-hydroxylation sites is 1. The first-order chi connectivity index (χ1) is 9.72. The van der Waals surface area contributed by atoms with Crippen molar-refractivity contribution in [1.82, 2.24) is 4.90 Å². The van der Waals surface area contributed by atoms with E-state index in [0.717, 1.165) is 43.0 Å². The molecule has 2 N–H and O–H groups in total. The minimum Gasteiger partial charge on any atom is -0.493 e. The molecule has 1 aromatic carbocycles. The summed E-state index contributed by atoms with van der Waals surface area (Å²) in [6, 6.07) is 9.48. The molecule has 1 aliphatic rings. The normalized spacial score (nSPS) is 23.8. The molecule has 0 spiro atoms. The molecule has 112 valence electrons. The van der Waals surface area contributed by atoms with Gasteiger partial charge < -0.3 is 10.5 Å². The summed E-state index contributed by atoms with van der Waals surface area (Å²) in [5.41, 5.74) is 6.81. The van der Waals surface area contributed by atoms with Gasteiger partial charge in [-0.1, -0.05) is 24.6 Å². The molecule has 0 unspecified atom stereocenters. The van der Waals surface area contributed by atoms with Crippen molar-refractivity contribution in [3.05, 3.63) is 29.8 Å². The summed E-state index contributed by atoms with van der Waals surface area (Å²) < 4.78 is 5.88. The van der Waals surface area contributed by atoms with Crippen molar-refractivity contribution >= 4 is 0 Å². The molecular weight excluding hydrogens is 248 g/mol. The summed E-state index contributed by atoms with van der Waals surface area (Å²) in [7, 11) is 0. The predicted octanol–water partition coefficient (Wildman–Crippen LogP) is 3.18. The number of rotatable bonds is 6. The number of hydrogen-bond acceptors (Lipinski definition) is 3. The lowest BCUT2D eigenvalue weighted by Crippen LogP contribution is -2.44. The van der Waals surface area contributed by atoms with Gasteiger partial charge >= 0.3 is 0 Å². The van der Waals surface area contributed by atoms with E-state index in [-0.39, 0.29) is 0 Å². The number of ether oxygens (including phenoxy) is 1. The molecule has 2 atom stereocenters. The van der Waals surface area contributed by atoms with E-state index in [2.05, 4.69) is 18.7 Å². The molecule has 0 radical (unpaired) electrons. The average Bonchev–Trinajstić information content (AvgIpc) is 2.46. The van der Waals surface area contributed by atoms with Crippen LogP contribution >= 0.6 is 0 Å². The lowest BCUT2D eigenvalue weighted by Gasteiger charge is -2.39. The van der Waals surface area contributed by atoms with Crippen LogP contribution in [0.15, 0.2) is 24.3 Å². The van der Waals surface area contributed by atoms with Crippen molar-refractivity contribution in [1.29, 1.82) is 0 Å². The van der Waals surface area contributed by atoms with Crippen molar-refractivity contribution in [3.63, 3.8) is 0 Å². The van der Waals surface area contributed by atoms with Crippen LogP contribution in [-0.4, -0.2) is 30.1 Å². The highest BCUT2D eigenvalue weighted by Crippen LogP contribution is 2.22. The van der Waals surface area contributed by atoms with Crippen molar-refractivity contribution in [2.45, 2.75) is 58.2 Å². The SMILES string of the molecule is C[C@@H]1CCC[C@H](C)N1CCCOc1ccccc1CN. The molecule has 1 fully saturated rings. The van der Waals surface area contributed by atoms with E-state index in [0.29, 0.717) is 6.54 Å². The van der Waals surface area contributed by atoms with E-state index in [9.17, 15) is 0 Å². The fourth-order valence-corrected chi connectivity index (χ4v) is 3.16. The lowest BCUT2D eigenvalue weighted by atomic mass is 9.97. The van der Waals surface area contributed by atoms with Crippen molar-refractivity contribution in [2.75, 3.05) is 13.2 Å². The van der Waals surface area contributed by atoms with E-state index in [1.807, 2.05) is 24.3 Å². The maximum Gasteiger partial charge on any atom is 0.123 e. The molecule has 1 aliphatic heterocycles. The molecule has 0 saturated carbocycles. The topological polar surface area (TPSA) is 38.5 Å². The number of likely N-dealkylation sites (tertiary alicyclic amines) is 1. The fourth-order valence-electron chi connectivity index (χ4n) is 3.16. The minimum atomic E-state index is 0.538. The Kier molecular flexibility index (Phi) is 5.86. The third kappa shape index (κ3) is 3.97. The van der Waals surface area contributed by atoms with Gasteiger partial charge in [0.2, 0.25) is 0 Å². The molecule has 0 bridgehead atoms. The van der Waals surface area contributed by atoms with Gasteiger partial charge in [-0.15, -0.1) is 0 Å². The Balaban J connectivity index is 1.76. The summed E-state index contributed by atoms with van der Waals surface area (Å²) >= 11 is 0. The third-order valence-corrected chi connectivity index (χ3v) is 4.39. The minimum absolute atomic E-state index is 0.538. The van der Waals surface area contributed by atoms with E-state index in [1.54, 1.807) is 0 Å². The highest BCUT2D eigenvalue weighted by atomic mass is 16.5. The molecule has 3 heteroatoms. The van der Waals surface area contributed by atoms with Gasteiger partial charge in [0.25, 0.3) is 0 Å². The molecule has 0 aliphatic carbocycles. The van der Waals surface area contributed by atoms with E-state index in [1.165, 1.54) is 19.3 Å². The van der Waals surface area contributed by atoms with Crippen molar-refractivity contribution < 1.29 is 4.74 Å². The first-order valence-corrected chi connectivity index (χ1v) is 7.89. The van der Waals surface area contributed by atoms with Gasteiger partial charge in [0, 0.05) is 30.7 Å². The molecule has 1 saturated heterocycles. The summed E-state index contributed by atoms with van der Waals surface area (Å²) in [4.78, 5) is 2.63. The van der Waals surface area contributed by atoms with Crippen LogP contribution in [0.25, 0.3) is 0 Å². The summed E-state index contributed by atoms with van der Waals surface area (Å²) in [6.45, 7) is 7.14. The van der Waals surface area contributed by atoms with Gasteiger partial charge in [-0.25, -0.2) is 0 Å². The van der Waals surface area contributed by atoms with E-state index in [4.69, 9.17) is 10.5 Å². The Hall–Kier alpha value is -1.06. The van der Waals surface area contributed by atoms with Crippen molar-refractivity contribution in [3.8, 4) is 5.75 Å². The highest BCUT2D eigenvalue weighted by Gasteiger charge is 2.23. The zero-order valence-corrected chi connectivity index (χ0v) is 12.8. The predicted molar refractivity (Wildman–Crippen MR) is 83.9 cm³/mol. The second kappa shape index (κ2) is 7.65. The maximum atomic E-state index is 5.88. The Morgan fingerprint density at radius 2 is 1.90 bits per heavy atom. The first kappa shape index (κ1) is 15.3. The largest absolute Gasteiger partial charge is 0.493 e. The van der Waals surface area contributed by atoms with Crippen LogP contribution in [0.4, 0.5) is 0 Å². The number of benzene rings is 1. The standard InChI is InChI=1S/C17H28N2O/c1-14-7-5-8-15(2)19(14)11-6-12-20-17-10-4-3-9-16(17)13-18/h3-4,9-10,14-15H,5-8,11-13,18H2,1-2H3/t14-,15+. The van der Waals surface area contributed by atoms with E-state index >= 15 is 0 Å². The molecule has 1 aromatic rings. The van der Waals surface area contributed by atoms with Crippen LogP contribution in [0.2, 0.25) is 0 Å².